The zero-order valence-corrected chi connectivity index (χ0v) is 8.18. The molecule has 0 aromatic rings. The van der Waals surface area contributed by atoms with Gasteiger partial charge in [0.1, 0.15) is 6.04 Å². The molecule has 8 heteroatoms. The van der Waals surface area contributed by atoms with Crippen molar-refractivity contribution in [2.75, 3.05) is 0 Å². The number of carbonyl (C=O) groups is 1. The molecule has 0 bridgehead atoms. The van der Waals surface area contributed by atoms with Crippen LogP contribution in [0.5, 0.6) is 0 Å². The van der Waals surface area contributed by atoms with Crippen molar-refractivity contribution in [2.45, 2.75) is 18.9 Å². The highest BCUT2D eigenvalue weighted by Gasteiger charge is 2.25. The van der Waals surface area contributed by atoms with Crippen LogP contribution in [0.4, 0.5) is 0 Å². The summed E-state index contributed by atoms with van der Waals surface area (Å²) in [6.45, 7) is 3.16. The summed E-state index contributed by atoms with van der Waals surface area (Å²) in [4.78, 5) is 27.3. The van der Waals surface area contributed by atoms with Crippen molar-refractivity contribution in [1.82, 2.24) is 0 Å². The number of allylic oxidation sites excluding steroid dienone is 1. The first-order valence-electron chi connectivity index (χ1n) is 3.63. The van der Waals surface area contributed by atoms with Crippen molar-refractivity contribution in [3.05, 3.63) is 12.3 Å². The Hall–Kier alpha value is -0.880. The average Bonchev–Trinajstić information content (AvgIpc) is 1.96. The number of nitrogens with two attached hydrogens (primary N) is 1. The van der Waals surface area contributed by atoms with Crippen molar-refractivity contribution < 1.29 is 28.8 Å². The Labute approximate surface area is 80.4 Å². The highest BCUT2D eigenvalue weighted by Crippen LogP contribution is 2.36. The molecule has 1 atom stereocenters. The normalized spacial score (nSPS) is 13.4. The van der Waals surface area contributed by atoms with Crippen LogP contribution in [0.15, 0.2) is 12.3 Å². The topological polar surface area (TPSA) is 130 Å². The van der Waals surface area contributed by atoms with Crippen LogP contribution in [0, 0.1) is 0 Å². The van der Waals surface area contributed by atoms with Gasteiger partial charge in [0, 0.05) is 6.42 Å². The first-order chi connectivity index (χ1) is 6.22. The molecule has 0 aliphatic carbocycles. The van der Waals surface area contributed by atoms with Gasteiger partial charge in [-0.25, -0.2) is 9.36 Å². The standard InChI is InChI=1S/C6H12NO6P/c1-4(8)2-3-5(7)6(9)13-14(10,11)12/h5,8H,1-3,7H2,(H2,10,11,12)/t5-/m1/s1. The first-order valence-corrected chi connectivity index (χ1v) is 5.16. The summed E-state index contributed by atoms with van der Waals surface area (Å²) in [7, 11) is -4.84. The second kappa shape index (κ2) is 5.11. The second-order valence-electron chi connectivity index (χ2n) is 2.61. The molecule has 0 saturated heterocycles. The second-order valence-corrected chi connectivity index (χ2v) is 3.78. The lowest BCUT2D eigenvalue weighted by molar-refractivity contribution is -0.137. The Kier molecular flexibility index (Phi) is 4.79. The monoisotopic (exact) mass is 225 g/mol. The maximum atomic E-state index is 10.8. The van der Waals surface area contributed by atoms with E-state index in [-0.39, 0.29) is 18.6 Å². The van der Waals surface area contributed by atoms with E-state index in [1.54, 1.807) is 0 Å². The van der Waals surface area contributed by atoms with Gasteiger partial charge in [0.05, 0.1) is 5.76 Å². The van der Waals surface area contributed by atoms with Gasteiger partial charge in [-0.15, -0.1) is 0 Å². The summed E-state index contributed by atoms with van der Waals surface area (Å²) >= 11 is 0. The molecule has 7 nitrogen and oxygen atoms in total. The fourth-order valence-electron chi connectivity index (χ4n) is 0.625. The van der Waals surface area contributed by atoms with Crippen LogP contribution in [0.1, 0.15) is 12.8 Å². The highest BCUT2D eigenvalue weighted by atomic mass is 31.2. The number of phosphoric ester groups is 1. The summed E-state index contributed by atoms with van der Waals surface area (Å²) in [5.41, 5.74) is 5.20. The van der Waals surface area contributed by atoms with E-state index in [1.165, 1.54) is 0 Å². The van der Waals surface area contributed by atoms with Gasteiger partial charge in [-0.2, -0.15) is 0 Å². The summed E-state index contributed by atoms with van der Waals surface area (Å²) in [5.74, 6) is -1.37. The fraction of sp³-hybridized carbons (Fsp3) is 0.500. The maximum absolute atomic E-state index is 10.8. The number of hydrogen-bond acceptors (Lipinski definition) is 5. The third kappa shape index (κ3) is 6.62. The lowest BCUT2D eigenvalue weighted by atomic mass is 10.1. The Morgan fingerprint density at radius 2 is 2.07 bits per heavy atom. The van der Waals surface area contributed by atoms with Crippen LogP contribution in [0.3, 0.4) is 0 Å². The Balaban J connectivity index is 4.01. The van der Waals surface area contributed by atoms with Crippen LogP contribution in [-0.4, -0.2) is 26.9 Å². The molecule has 0 spiro atoms. The van der Waals surface area contributed by atoms with Gasteiger partial charge in [0.2, 0.25) is 0 Å². The van der Waals surface area contributed by atoms with E-state index >= 15 is 0 Å². The van der Waals surface area contributed by atoms with E-state index in [9.17, 15) is 9.36 Å². The van der Waals surface area contributed by atoms with Gasteiger partial charge in [-0.3, -0.25) is 9.79 Å². The van der Waals surface area contributed by atoms with Crippen LogP contribution in [0.2, 0.25) is 0 Å². The van der Waals surface area contributed by atoms with Crippen LogP contribution in [-0.2, 0) is 13.9 Å². The van der Waals surface area contributed by atoms with E-state index in [1.807, 2.05) is 0 Å². The largest absolute Gasteiger partial charge is 0.527 e. The maximum Gasteiger partial charge on any atom is 0.527 e. The highest BCUT2D eigenvalue weighted by molar-refractivity contribution is 7.46. The molecule has 0 heterocycles. The van der Waals surface area contributed by atoms with Gasteiger partial charge in [-0.1, -0.05) is 6.58 Å². The van der Waals surface area contributed by atoms with Gasteiger partial charge >= 0.3 is 13.8 Å². The van der Waals surface area contributed by atoms with E-state index in [2.05, 4.69) is 11.1 Å². The van der Waals surface area contributed by atoms with Crippen molar-refractivity contribution in [3.63, 3.8) is 0 Å². The number of aliphatic hydroxyl groups excluding tert-OH is 1. The average molecular weight is 225 g/mol. The molecule has 0 rings (SSSR count). The predicted molar refractivity (Wildman–Crippen MR) is 47.1 cm³/mol. The number of phosphoric acid groups is 1. The summed E-state index contributed by atoms with van der Waals surface area (Å²) in [5, 5.41) is 8.66. The molecule has 0 saturated carbocycles. The lowest BCUT2D eigenvalue weighted by Gasteiger charge is -2.10. The molecular formula is C6H12NO6P. The predicted octanol–water partition coefficient (Wildman–Crippen LogP) is -0.198. The zero-order chi connectivity index (χ0) is 11.4. The number of carbonyl (C=O) groups excluding carboxylic acids is 1. The van der Waals surface area contributed by atoms with Crippen LogP contribution in [0.25, 0.3) is 0 Å². The number of rotatable bonds is 5. The van der Waals surface area contributed by atoms with E-state index in [0.29, 0.717) is 0 Å². The van der Waals surface area contributed by atoms with Crippen LogP contribution >= 0.6 is 7.82 Å². The molecule has 0 fully saturated rings. The SMILES string of the molecule is C=C(O)CC[C@@H](N)C(=O)OP(=O)(O)O. The van der Waals surface area contributed by atoms with Crippen molar-refractivity contribution in [1.29, 1.82) is 0 Å². The summed E-state index contributed by atoms with van der Waals surface area (Å²) in [6, 6.07) is -1.19. The Morgan fingerprint density at radius 1 is 1.57 bits per heavy atom. The minimum Gasteiger partial charge on any atom is -0.513 e. The third-order valence-corrected chi connectivity index (χ3v) is 1.67. The summed E-state index contributed by atoms with van der Waals surface area (Å²) < 4.78 is 13.9. The Morgan fingerprint density at radius 3 is 2.43 bits per heavy atom. The molecule has 0 aromatic heterocycles. The quantitative estimate of drug-likeness (QED) is 0.376. The molecule has 0 radical (unpaired) electrons. The molecule has 0 unspecified atom stereocenters. The smallest absolute Gasteiger partial charge is 0.513 e. The van der Waals surface area contributed by atoms with Crippen molar-refractivity contribution >= 4 is 13.8 Å². The molecule has 0 aliphatic heterocycles. The Bertz CT molecular complexity index is 271. The van der Waals surface area contributed by atoms with E-state index in [0.717, 1.165) is 0 Å². The van der Waals surface area contributed by atoms with E-state index < -0.39 is 19.8 Å². The minimum absolute atomic E-state index is 0.00810. The number of hydrogen-bond donors (Lipinski definition) is 4. The zero-order valence-electron chi connectivity index (χ0n) is 7.29. The first kappa shape index (κ1) is 13.1. The molecule has 0 aromatic carbocycles. The van der Waals surface area contributed by atoms with Gasteiger partial charge in [-0.05, 0) is 6.42 Å². The number of aliphatic hydroxyl groups is 1. The minimum atomic E-state index is -4.84. The van der Waals surface area contributed by atoms with Gasteiger partial charge < -0.3 is 15.4 Å². The van der Waals surface area contributed by atoms with Crippen LogP contribution < -0.4 is 5.73 Å². The lowest BCUT2D eigenvalue weighted by Crippen LogP contribution is -2.31. The van der Waals surface area contributed by atoms with Gasteiger partial charge in [0.15, 0.2) is 0 Å². The van der Waals surface area contributed by atoms with Gasteiger partial charge in [0.25, 0.3) is 0 Å². The van der Waals surface area contributed by atoms with E-state index in [4.69, 9.17) is 20.6 Å². The van der Waals surface area contributed by atoms with Crippen molar-refractivity contribution in [2.24, 2.45) is 5.73 Å². The molecule has 0 aliphatic rings. The fourth-order valence-corrected chi connectivity index (χ4v) is 0.995. The molecule has 14 heavy (non-hydrogen) atoms. The molecule has 5 N–H and O–H groups in total. The summed E-state index contributed by atoms with van der Waals surface area (Å²) in [6.07, 6.45) is 0.0750. The molecule has 82 valence electrons. The molecule has 0 amide bonds. The third-order valence-electron chi connectivity index (χ3n) is 1.26. The molecular weight excluding hydrogens is 213 g/mol. The van der Waals surface area contributed by atoms with Crippen molar-refractivity contribution in [3.8, 4) is 0 Å².